The molecule has 1 fully saturated rings. The second-order valence-corrected chi connectivity index (χ2v) is 5.97. The molecule has 0 bridgehead atoms. The van der Waals surface area contributed by atoms with E-state index >= 15 is 0 Å². The van der Waals surface area contributed by atoms with Crippen molar-refractivity contribution in [3.05, 3.63) is 29.3 Å². The van der Waals surface area contributed by atoms with E-state index in [0.717, 1.165) is 5.56 Å². The summed E-state index contributed by atoms with van der Waals surface area (Å²) in [6.07, 6.45) is 0.440. The van der Waals surface area contributed by atoms with Crippen LogP contribution in [-0.4, -0.2) is 24.8 Å². The molecular formula is C15H20O4. The topological polar surface area (TPSA) is 55.8 Å². The lowest BCUT2D eigenvalue weighted by atomic mass is 9.80. The van der Waals surface area contributed by atoms with Crippen LogP contribution in [-0.2, 0) is 15.1 Å². The Morgan fingerprint density at radius 2 is 2.11 bits per heavy atom. The van der Waals surface area contributed by atoms with Crippen LogP contribution in [0.3, 0.4) is 0 Å². The molecule has 1 N–H and O–H groups in total. The minimum atomic E-state index is -1.30. The predicted octanol–water partition coefficient (Wildman–Crippen LogP) is 2.73. The molecule has 4 heteroatoms. The highest BCUT2D eigenvalue weighted by Gasteiger charge is 2.53. The number of aryl methyl sites for hydroxylation is 1. The molecule has 1 heterocycles. The number of rotatable bonds is 3. The SMILES string of the molecule is COc1ccc(C)cc1C1(C(=O)O)CC(C)(C)CO1. The zero-order valence-corrected chi connectivity index (χ0v) is 11.8. The normalized spacial score (nSPS) is 25.3. The minimum absolute atomic E-state index is 0.160. The molecule has 1 unspecified atom stereocenters. The van der Waals surface area contributed by atoms with Crippen molar-refractivity contribution in [2.24, 2.45) is 5.41 Å². The van der Waals surface area contributed by atoms with Crippen molar-refractivity contribution in [1.29, 1.82) is 0 Å². The van der Waals surface area contributed by atoms with Crippen molar-refractivity contribution in [3.63, 3.8) is 0 Å². The summed E-state index contributed by atoms with van der Waals surface area (Å²) in [7, 11) is 1.55. The highest BCUT2D eigenvalue weighted by Crippen LogP contribution is 2.48. The number of benzene rings is 1. The molecule has 1 aromatic rings. The van der Waals surface area contributed by atoms with Gasteiger partial charge in [-0.05, 0) is 30.9 Å². The third kappa shape index (κ3) is 2.32. The summed E-state index contributed by atoms with van der Waals surface area (Å²) in [6.45, 7) is 6.38. The maximum Gasteiger partial charge on any atom is 0.340 e. The standard InChI is InChI=1S/C15H20O4/c1-10-5-6-12(18-4)11(7-10)15(13(16)17)8-14(2,3)9-19-15/h5-7H,8-9H2,1-4H3,(H,16,17). The molecule has 0 aliphatic carbocycles. The van der Waals surface area contributed by atoms with E-state index in [0.29, 0.717) is 24.3 Å². The Bertz CT molecular complexity index is 507. The highest BCUT2D eigenvalue weighted by atomic mass is 16.5. The number of carbonyl (C=O) groups is 1. The molecule has 1 aliphatic rings. The summed E-state index contributed by atoms with van der Waals surface area (Å²) in [5, 5.41) is 9.68. The molecule has 1 saturated heterocycles. The summed E-state index contributed by atoms with van der Waals surface area (Å²) in [6, 6.07) is 5.54. The number of ether oxygens (including phenoxy) is 2. The van der Waals surface area contributed by atoms with Gasteiger partial charge in [-0.1, -0.05) is 25.5 Å². The zero-order valence-electron chi connectivity index (χ0n) is 11.8. The number of carboxylic acids is 1. The molecule has 0 spiro atoms. The summed E-state index contributed by atoms with van der Waals surface area (Å²) in [4.78, 5) is 11.8. The third-order valence-electron chi connectivity index (χ3n) is 3.57. The van der Waals surface area contributed by atoms with Crippen molar-refractivity contribution >= 4 is 5.97 Å². The molecule has 0 aromatic heterocycles. The molecule has 0 radical (unpaired) electrons. The Morgan fingerprint density at radius 3 is 2.58 bits per heavy atom. The van der Waals surface area contributed by atoms with Gasteiger partial charge in [0, 0.05) is 5.56 Å². The van der Waals surface area contributed by atoms with Crippen molar-refractivity contribution in [2.75, 3.05) is 13.7 Å². The summed E-state index contributed by atoms with van der Waals surface area (Å²) in [5.41, 5.74) is 0.131. The molecule has 0 saturated carbocycles. The van der Waals surface area contributed by atoms with Crippen LogP contribution in [0.5, 0.6) is 5.75 Å². The van der Waals surface area contributed by atoms with E-state index in [1.54, 1.807) is 13.2 Å². The first-order valence-corrected chi connectivity index (χ1v) is 6.33. The van der Waals surface area contributed by atoms with Gasteiger partial charge in [-0.25, -0.2) is 4.79 Å². The molecule has 0 amide bonds. The van der Waals surface area contributed by atoms with Gasteiger partial charge in [-0.3, -0.25) is 0 Å². The second-order valence-electron chi connectivity index (χ2n) is 5.97. The zero-order chi connectivity index (χ0) is 14.3. The molecule has 4 nitrogen and oxygen atoms in total. The lowest BCUT2D eigenvalue weighted by molar-refractivity contribution is -0.161. The van der Waals surface area contributed by atoms with Crippen LogP contribution in [0, 0.1) is 12.3 Å². The molecule has 2 rings (SSSR count). The minimum Gasteiger partial charge on any atom is -0.496 e. The number of hydrogen-bond acceptors (Lipinski definition) is 3. The fourth-order valence-electron chi connectivity index (χ4n) is 2.66. The summed E-state index contributed by atoms with van der Waals surface area (Å²) < 4.78 is 11.0. The van der Waals surface area contributed by atoms with Crippen LogP contribution < -0.4 is 4.74 Å². The Morgan fingerprint density at radius 1 is 1.42 bits per heavy atom. The summed E-state index contributed by atoms with van der Waals surface area (Å²) >= 11 is 0. The van der Waals surface area contributed by atoms with Crippen LogP contribution in [0.15, 0.2) is 18.2 Å². The van der Waals surface area contributed by atoms with E-state index in [1.807, 2.05) is 32.9 Å². The van der Waals surface area contributed by atoms with Gasteiger partial charge in [0.2, 0.25) is 0 Å². The first-order valence-electron chi connectivity index (χ1n) is 6.33. The Kier molecular flexibility index (Phi) is 3.31. The Hall–Kier alpha value is -1.55. The fourth-order valence-corrected chi connectivity index (χ4v) is 2.66. The number of methoxy groups -OCH3 is 1. The molecule has 19 heavy (non-hydrogen) atoms. The Balaban J connectivity index is 2.58. The van der Waals surface area contributed by atoms with Crippen LogP contribution in [0.2, 0.25) is 0 Å². The number of carboxylic acid groups (broad SMARTS) is 1. The first kappa shape index (κ1) is 13.9. The fraction of sp³-hybridized carbons (Fsp3) is 0.533. The molecule has 104 valence electrons. The Labute approximate surface area is 113 Å². The van der Waals surface area contributed by atoms with E-state index in [1.165, 1.54) is 0 Å². The number of hydrogen-bond donors (Lipinski definition) is 1. The van der Waals surface area contributed by atoms with E-state index in [2.05, 4.69) is 0 Å². The van der Waals surface area contributed by atoms with Gasteiger partial charge in [0.25, 0.3) is 0 Å². The molecule has 1 atom stereocenters. The van der Waals surface area contributed by atoms with Crippen molar-refractivity contribution < 1.29 is 19.4 Å². The second kappa shape index (κ2) is 4.53. The van der Waals surface area contributed by atoms with Crippen LogP contribution in [0.4, 0.5) is 0 Å². The van der Waals surface area contributed by atoms with Crippen LogP contribution in [0.25, 0.3) is 0 Å². The van der Waals surface area contributed by atoms with Gasteiger partial charge in [-0.15, -0.1) is 0 Å². The van der Waals surface area contributed by atoms with Crippen molar-refractivity contribution in [1.82, 2.24) is 0 Å². The monoisotopic (exact) mass is 264 g/mol. The first-order chi connectivity index (χ1) is 8.81. The smallest absolute Gasteiger partial charge is 0.340 e. The third-order valence-corrected chi connectivity index (χ3v) is 3.57. The largest absolute Gasteiger partial charge is 0.496 e. The van der Waals surface area contributed by atoms with Gasteiger partial charge in [0.1, 0.15) is 5.75 Å². The quantitative estimate of drug-likeness (QED) is 0.912. The van der Waals surface area contributed by atoms with Gasteiger partial charge in [-0.2, -0.15) is 0 Å². The highest BCUT2D eigenvalue weighted by molar-refractivity contribution is 5.81. The van der Waals surface area contributed by atoms with E-state index in [-0.39, 0.29) is 5.41 Å². The van der Waals surface area contributed by atoms with Gasteiger partial charge in [0.05, 0.1) is 13.7 Å². The van der Waals surface area contributed by atoms with E-state index < -0.39 is 11.6 Å². The van der Waals surface area contributed by atoms with Crippen LogP contribution >= 0.6 is 0 Å². The number of aliphatic carboxylic acids is 1. The lowest BCUT2D eigenvalue weighted by Gasteiger charge is -2.27. The van der Waals surface area contributed by atoms with E-state index in [9.17, 15) is 9.90 Å². The van der Waals surface area contributed by atoms with Crippen molar-refractivity contribution in [3.8, 4) is 5.75 Å². The van der Waals surface area contributed by atoms with Gasteiger partial charge >= 0.3 is 5.97 Å². The van der Waals surface area contributed by atoms with Crippen molar-refractivity contribution in [2.45, 2.75) is 32.8 Å². The van der Waals surface area contributed by atoms with Gasteiger partial charge in [0.15, 0.2) is 5.60 Å². The molecule has 1 aromatic carbocycles. The van der Waals surface area contributed by atoms with E-state index in [4.69, 9.17) is 9.47 Å². The summed E-state index contributed by atoms with van der Waals surface area (Å²) in [5.74, 6) is -0.396. The maximum atomic E-state index is 11.8. The van der Waals surface area contributed by atoms with Gasteiger partial charge < -0.3 is 14.6 Å². The van der Waals surface area contributed by atoms with Crippen LogP contribution in [0.1, 0.15) is 31.4 Å². The molecular weight excluding hydrogens is 244 g/mol. The predicted molar refractivity (Wildman–Crippen MR) is 71.4 cm³/mol. The lowest BCUT2D eigenvalue weighted by Crippen LogP contribution is -2.36. The molecule has 1 aliphatic heterocycles. The average molecular weight is 264 g/mol. The maximum absolute atomic E-state index is 11.8. The average Bonchev–Trinajstić information content (AvgIpc) is 2.67.